The second-order valence-electron chi connectivity index (χ2n) is 6.10. The van der Waals surface area contributed by atoms with Crippen LogP contribution in [0.15, 0.2) is 0 Å². The van der Waals surface area contributed by atoms with E-state index >= 15 is 0 Å². The summed E-state index contributed by atoms with van der Waals surface area (Å²) >= 11 is 0. The molecule has 2 fully saturated rings. The molecule has 0 aliphatic heterocycles. The standard InChI is InChI=1S/C12H22N2O/c1-11(2)10(12(11,3)4)14-9(15)7-13-8-5-6-8/h8,10,13H,5-7H2,1-4H3,(H,14,15). The molecule has 0 aromatic carbocycles. The lowest BCUT2D eigenvalue weighted by atomic mass is 10.0. The second-order valence-corrected chi connectivity index (χ2v) is 6.10. The molecule has 0 saturated heterocycles. The third kappa shape index (κ3) is 1.89. The van der Waals surface area contributed by atoms with Gasteiger partial charge in [-0.15, -0.1) is 0 Å². The molecule has 0 unspecified atom stereocenters. The van der Waals surface area contributed by atoms with Crippen molar-refractivity contribution in [1.29, 1.82) is 0 Å². The largest absolute Gasteiger partial charge is 0.351 e. The van der Waals surface area contributed by atoms with Crippen LogP contribution < -0.4 is 10.6 Å². The van der Waals surface area contributed by atoms with Crippen molar-refractivity contribution < 1.29 is 4.79 Å². The molecule has 2 saturated carbocycles. The first-order chi connectivity index (χ1) is 6.85. The van der Waals surface area contributed by atoms with Crippen LogP contribution in [0.3, 0.4) is 0 Å². The van der Waals surface area contributed by atoms with E-state index < -0.39 is 0 Å². The summed E-state index contributed by atoms with van der Waals surface area (Å²) in [5.41, 5.74) is 0.477. The van der Waals surface area contributed by atoms with Crippen LogP contribution in [0.1, 0.15) is 40.5 Å². The molecule has 0 spiro atoms. The maximum atomic E-state index is 11.6. The Morgan fingerprint density at radius 3 is 2.13 bits per heavy atom. The minimum atomic E-state index is 0.144. The number of amides is 1. The Morgan fingerprint density at radius 1 is 1.20 bits per heavy atom. The summed E-state index contributed by atoms with van der Waals surface area (Å²) in [5, 5.41) is 6.35. The summed E-state index contributed by atoms with van der Waals surface area (Å²) in [6.07, 6.45) is 2.46. The fourth-order valence-electron chi connectivity index (χ4n) is 2.29. The zero-order valence-corrected chi connectivity index (χ0v) is 10.2. The normalized spacial score (nSPS) is 27.5. The monoisotopic (exact) mass is 210 g/mol. The predicted octanol–water partition coefficient (Wildman–Crippen LogP) is 1.29. The van der Waals surface area contributed by atoms with Gasteiger partial charge in [0.15, 0.2) is 0 Å². The average Bonchev–Trinajstić information content (AvgIpc) is 2.99. The Balaban J connectivity index is 1.75. The highest BCUT2D eigenvalue weighted by atomic mass is 16.2. The highest BCUT2D eigenvalue weighted by molar-refractivity contribution is 5.79. The highest BCUT2D eigenvalue weighted by Gasteiger charge is 2.65. The van der Waals surface area contributed by atoms with Gasteiger partial charge in [0.25, 0.3) is 0 Å². The van der Waals surface area contributed by atoms with Crippen LogP contribution in [0.25, 0.3) is 0 Å². The molecule has 15 heavy (non-hydrogen) atoms. The molecule has 0 radical (unpaired) electrons. The van der Waals surface area contributed by atoms with Gasteiger partial charge >= 0.3 is 0 Å². The summed E-state index contributed by atoms with van der Waals surface area (Å²) in [6, 6.07) is 0.939. The Morgan fingerprint density at radius 2 is 1.73 bits per heavy atom. The van der Waals surface area contributed by atoms with Crippen molar-refractivity contribution in [1.82, 2.24) is 10.6 Å². The Labute approximate surface area is 92.0 Å². The molecular weight excluding hydrogens is 188 g/mol. The first kappa shape index (κ1) is 10.9. The van der Waals surface area contributed by atoms with Crippen molar-refractivity contribution in [3.63, 3.8) is 0 Å². The van der Waals surface area contributed by atoms with Crippen LogP contribution in [-0.4, -0.2) is 24.5 Å². The van der Waals surface area contributed by atoms with Crippen LogP contribution >= 0.6 is 0 Å². The van der Waals surface area contributed by atoms with Crippen molar-refractivity contribution in [2.24, 2.45) is 10.8 Å². The molecule has 0 aromatic heterocycles. The second kappa shape index (κ2) is 3.21. The molecule has 2 rings (SSSR count). The summed E-state index contributed by atoms with van der Waals surface area (Å²) in [5.74, 6) is 0.144. The molecule has 1 amide bonds. The predicted molar refractivity (Wildman–Crippen MR) is 60.5 cm³/mol. The van der Waals surface area contributed by atoms with E-state index in [1.165, 1.54) is 12.8 Å². The van der Waals surface area contributed by atoms with Gasteiger partial charge in [-0.1, -0.05) is 27.7 Å². The molecule has 3 heteroatoms. The SMILES string of the molecule is CC1(C)C(NC(=O)CNC2CC2)C1(C)C. The van der Waals surface area contributed by atoms with Crippen LogP contribution in [0, 0.1) is 10.8 Å². The van der Waals surface area contributed by atoms with Gasteiger partial charge in [-0.25, -0.2) is 0 Å². The van der Waals surface area contributed by atoms with E-state index in [1.807, 2.05) is 0 Å². The molecular formula is C12H22N2O. The van der Waals surface area contributed by atoms with Crippen LogP contribution in [0.5, 0.6) is 0 Å². The fraction of sp³-hybridized carbons (Fsp3) is 0.917. The number of carbonyl (C=O) groups excluding carboxylic acids is 1. The van der Waals surface area contributed by atoms with Crippen molar-refractivity contribution in [3.8, 4) is 0 Å². The average molecular weight is 210 g/mol. The van der Waals surface area contributed by atoms with E-state index in [0.717, 1.165) is 0 Å². The minimum absolute atomic E-state index is 0.144. The van der Waals surface area contributed by atoms with Gasteiger partial charge in [0.2, 0.25) is 5.91 Å². The van der Waals surface area contributed by atoms with E-state index in [4.69, 9.17) is 0 Å². The number of hydrogen-bond donors (Lipinski definition) is 2. The molecule has 86 valence electrons. The molecule has 0 atom stereocenters. The lowest BCUT2D eigenvalue weighted by Crippen LogP contribution is -2.38. The Bertz CT molecular complexity index is 265. The first-order valence-electron chi connectivity index (χ1n) is 5.88. The van der Waals surface area contributed by atoms with E-state index in [2.05, 4.69) is 38.3 Å². The van der Waals surface area contributed by atoms with Crippen LogP contribution in [0.4, 0.5) is 0 Å². The molecule has 2 aliphatic rings. The molecule has 0 heterocycles. The zero-order valence-electron chi connectivity index (χ0n) is 10.2. The van der Waals surface area contributed by atoms with Crippen molar-refractivity contribution in [2.75, 3.05) is 6.54 Å². The van der Waals surface area contributed by atoms with Crippen LogP contribution in [-0.2, 0) is 4.79 Å². The summed E-state index contributed by atoms with van der Waals surface area (Å²) in [7, 11) is 0. The first-order valence-corrected chi connectivity index (χ1v) is 5.88. The topological polar surface area (TPSA) is 41.1 Å². The lowest BCUT2D eigenvalue weighted by Gasteiger charge is -2.07. The maximum Gasteiger partial charge on any atom is 0.234 e. The van der Waals surface area contributed by atoms with Crippen molar-refractivity contribution in [2.45, 2.75) is 52.6 Å². The van der Waals surface area contributed by atoms with E-state index in [9.17, 15) is 4.79 Å². The quantitative estimate of drug-likeness (QED) is 0.734. The fourth-order valence-corrected chi connectivity index (χ4v) is 2.29. The van der Waals surface area contributed by atoms with Gasteiger partial charge < -0.3 is 10.6 Å². The maximum absolute atomic E-state index is 11.6. The zero-order chi connectivity index (χ0) is 11.3. The Hall–Kier alpha value is -0.570. The van der Waals surface area contributed by atoms with E-state index in [0.29, 0.717) is 18.6 Å². The minimum Gasteiger partial charge on any atom is -0.351 e. The van der Waals surface area contributed by atoms with Gasteiger partial charge in [-0.05, 0) is 23.7 Å². The number of nitrogens with one attached hydrogen (secondary N) is 2. The number of hydrogen-bond acceptors (Lipinski definition) is 2. The number of rotatable bonds is 4. The summed E-state index contributed by atoms with van der Waals surface area (Å²) in [6.45, 7) is 9.34. The molecule has 2 N–H and O–H groups in total. The molecule has 3 nitrogen and oxygen atoms in total. The van der Waals surface area contributed by atoms with Crippen molar-refractivity contribution in [3.05, 3.63) is 0 Å². The van der Waals surface area contributed by atoms with Gasteiger partial charge in [0.1, 0.15) is 0 Å². The summed E-state index contributed by atoms with van der Waals surface area (Å²) < 4.78 is 0. The lowest BCUT2D eigenvalue weighted by molar-refractivity contribution is -0.120. The highest BCUT2D eigenvalue weighted by Crippen LogP contribution is 2.62. The van der Waals surface area contributed by atoms with E-state index in [1.54, 1.807) is 0 Å². The van der Waals surface area contributed by atoms with E-state index in [-0.39, 0.29) is 16.7 Å². The molecule has 2 aliphatic carbocycles. The third-order valence-electron chi connectivity index (χ3n) is 4.45. The van der Waals surface area contributed by atoms with Crippen LogP contribution in [0.2, 0.25) is 0 Å². The van der Waals surface area contributed by atoms with Gasteiger partial charge in [0.05, 0.1) is 6.54 Å². The van der Waals surface area contributed by atoms with Crippen molar-refractivity contribution >= 4 is 5.91 Å². The van der Waals surface area contributed by atoms with Gasteiger partial charge in [-0.2, -0.15) is 0 Å². The Kier molecular flexibility index (Phi) is 2.34. The third-order valence-corrected chi connectivity index (χ3v) is 4.45. The number of carbonyl (C=O) groups is 1. The molecule has 0 bridgehead atoms. The van der Waals surface area contributed by atoms with Gasteiger partial charge in [-0.3, -0.25) is 4.79 Å². The molecule has 0 aromatic rings. The van der Waals surface area contributed by atoms with Gasteiger partial charge in [0, 0.05) is 12.1 Å². The smallest absolute Gasteiger partial charge is 0.234 e. The summed E-state index contributed by atoms with van der Waals surface area (Å²) in [4.78, 5) is 11.6.